The minimum absolute atomic E-state index is 0.264. The Hall–Kier alpha value is -3.14. The molecule has 0 aliphatic carbocycles. The van der Waals surface area contributed by atoms with Gasteiger partial charge < -0.3 is 14.4 Å². The van der Waals surface area contributed by atoms with Gasteiger partial charge in [0.2, 0.25) is 0 Å². The highest BCUT2D eigenvalue weighted by atomic mass is 127. The maximum absolute atomic E-state index is 12.4. The Bertz CT molecular complexity index is 1200. The molecule has 0 fully saturated rings. The van der Waals surface area contributed by atoms with E-state index in [1.807, 2.05) is 30.5 Å². The van der Waals surface area contributed by atoms with E-state index in [-0.39, 0.29) is 11.5 Å². The van der Waals surface area contributed by atoms with Crippen LogP contribution in [0.1, 0.15) is 43.2 Å². The van der Waals surface area contributed by atoms with Crippen LogP contribution in [0.3, 0.4) is 0 Å². The predicted octanol–water partition coefficient (Wildman–Crippen LogP) is 4.48. The smallest absolute Gasteiger partial charge is 0.336 e. The average Bonchev–Trinajstić information content (AvgIpc) is 3.01. The van der Waals surface area contributed by atoms with Crippen molar-refractivity contribution >= 4 is 40.7 Å². The number of halogens is 1. The summed E-state index contributed by atoms with van der Waals surface area (Å²) in [6.07, 6.45) is 1.58. The van der Waals surface area contributed by atoms with Crippen molar-refractivity contribution < 1.29 is 19.4 Å². The first-order valence-corrected chi connectivity index (χ1v) is 10.5. The molecule has 31 heavy (non-hydrogen) atoms. The molecule has 0 saturated heterocycles. The van der Waals surface area contributed by atoms with E-state index in [2.05, 4.69) is 33.1 Å². The summed E-state index contributed by atoms with van der Waals surface area (Å²) < 4.78 is 8.14. The van der Waals surface area contributed by atoms with Crippen LogP contribution in [0.2, 0.25) is 0 Å². The van der Waals surface area contributed by atoms with E-state index < -0.39 is 5.97 Å². The van der Waals surface area contributed by atoms with Gasteiger partial charge >= 0.3 is 5.97 Å². The highest BCUT2D eigenvalue weighted by molar-refractivity contribution is 14.1. The van der Waals surface area contributed by atoms with Crippen molar-refractivity contribution in [2.45, 2.75) is 20.8 Å². The number of aryl methyl sites for hydroxylation is 1. The largest absolute Gasteiger partial charge is 0.496 e. The second kappa shape index (κ2) is 9.34. The summed E-state index contributed by atoms with van der Waals surface area (Å²) in [5.41, 5.74) is 7.35. The zero-order valence-electron chi connectivity index (χ0n) is 17.6. The number of hydrogen-bond donors (Lipinski definition) is 2. The maximum Gasteiger partial charge on any atom is 0.336 e. The number of carbonyl (C=O) groups is 2. The van der Waals surface area contributed by atoms with Gasteiger partial charge in [-0.2, -0.15) is 5.10 Å². The van der Waals surface area contributed by atoms with Crippen LogP contribution in [0.25, 0.3) is 5.69 Å². The molecule has 2 N–H and O–H groups in total. The molecule has 3 rings (SSSR count). The molecular formula is C23H22IN3O4. The number of hydrazone groups is 1. The van der Waals surface area contributed by atoms with Gasteiger partial charge in [-0.1, -0.05) is 6.07 Å². The first kappa shape index (κ1) is 22.5. The molecule has 1 amide bonds. The van der Waals surface area contributed by atoms with Gasteiger partial charge in [-0.3, -0.25) is 4.79 Å². The molecule has 0 aliphatic rings. The lowest BCUT2D eigenvalue weighted by Crippen LogP contribution is -2.17. The topological polar surface area (TPSA) is 92.9 Å². The fraction of sp³-hybridized carbons (Fsp3) is 0.174. The quantitative estimate of drug-likeness (QED) is 0.279. The third-order valence-electron chi connectivity index (χ3n) is 5.03. The Morgan fingerprint density at radius 3 is 2.58 bits per heavy atom. The number of amides is 1. The molecule has 0 radical (unpaired) electrons. The first-order valence-electron chi connectivity index (χ1n) is 9.43. The molecule has 2 aromatic carbocycles. The molecular weight excluding hydrogens is 509 g/mol. The number of methoxy groups -OCH3 is 1. The number of benzene rings is 2. The van der Waals surface area contributed by atoms with Gasteiger partial charge in [-0.15, -0.1) is 0 Å². The first-order chi connectivity index (χ1) is 14.7. The van der Waals surface area contributed by atoms with Crippen LogP contribution >= 0.6 is 22.6 Å². The molecule has 0 saturated carbocycles. The molecule has 1 heterocycles. The van der Waals surface area contributed by atoms with Crippen LogP contribution in [0, 0.1) is 24.3 Å². The van der Waals surface area contributed by atoms with E-state index in [1.165, 1.54) is 0 Å². The molecule has 0 spiro atoms. The lowest BCUT2D eigenvalue weighted by Gasteiger charge is -2.14. The summed E-state index contributed by atoms with van der Waals surface area (Å²) in [7, 11) is 1.56. The monoisotopic (exact) mass is 531 g/mol. The lowest BCUT2D eigenvalue weighted by molar-refractivity contribution is 0.0695. The second-order valence-corrected chi connectivity index (χ2v) is 8.13. The van der Waals surface area contributed by atoms with E-state index in [0.717, 1.165) is 26.2 Å². The number of rotatable bonds is 6. The number of aromatic carboxylic acids is 1. The van der Waals surface area contributed by atoms with E-state index in [9.17, 15) is 14.7 Å². The van der Waals surface area contributed by atoms with Crippen molar-refractivity contribution in [3.8, 4) is 11.4 Å². The molecule has 8 heteroatoms. The molecule has 1 aromatic heterocycles. The Labute approximate surface area is 193 Å². The zero-order valence-corrected chi connectivity index (χ0v) is 19.7. The summed E-state index contributed by atoms with van der Waals surface area (Å²) in [5.74, 6) is -0.678. The van der Waals surface area contributed by atoms with Gasteiger partial charge in [0.15, 0.2) is 0 Å². The fourth-order valence-electron chi connectivity index (χ4n) is 3.41. The van der Waals surface area contributed by atoms with Crippen molar-refractivity contribution in [2.24, 2.45) is 5.10 Å². The second-order valence-electron chi connectivity index (χ2n) is 6.97. The number of nitrogens with one attached hydrogen (secondary N) is 1. The zero-order chi connectivity index (χ0) is 22.7. The highest BCUT2D eigenvalue weighted by Crippen LogP contribution is 2.25. The summed E-state index contributed by atoms with van der Waals surface area (Å²) in [5, 5.41) is 13.5. The Kier molecular flexibility index (Phi) is 6.79. The average molecular weight is 531 g/mol. The van der Waals surface area contributed by atoms with E-state index in [4.69, 9.17) is 4.74 Å². The van der Waals surface area contributed by atoms with E-state index in [1.54, 1.807) is 50.6 Å². The Morgan fingerprint density at radius 1 is 1.16 bits per heavy atom. The minimum atomic E-state index is -0.960. The Balaban J connectivity index is 1.85. The summed E-state index contributed by atoms with van der Waals surface area (Å²) in [4.78, 5) is 23.9. The fourth-order valence-corrected chi connectivity index (χ4v) is 3.97. The van der Waals surface area contributed by atoms with Crippen molar-refractivity contribution in [1.29, 1.82) is 0 Å². The molecule has 160 valence electrons. The minimum Gasteiger partial charge on any atom is -0.496 e. The summed E-state index contributed by atoms with van der Waals surface area (Å²) in [6.45, 7) is 5.65. The maximum atomic E-state index is 12.4. The van der Waals surface area contributed by atoms with Gasteiger partial charge in [-0.05, 0) is 85.3 Å². The van der Waals surface area contributed by atoms with E-state index >= 15 is 0 Å². The van der Waals surface area contributed by atoms with Crippen molar-refractivity contribution in [1.82, 2.24) is 9.99 Å². The molecule has 0 bridgehead atoms. The standard InChI is InChI=1S/C23H22IN3O4/c1-13-10-17(12-25-26-22(28)16-8-9-19(24)21(11-16)31-4)15(3)27(13)20-7-5-6-18(14(20)2)23(29)30/h5-12H,1-4H3,(H,26,28)(H,29,30)/b25-12+. The lowest BCUT2D eigenvalue weighted by atomic mass is 10.1. The van der Waals surface area contributed by atoms with Crippen LogP contribution in [0.15, 0.2) is 47.6 Å². The van der Waals surface area contributed by atoms with Crippen LogP contribution < -0.4 is 10.2 Å². The van der Waals surface area contributed by atoms with Gasteiger partial charge in [0.05, 0.1) is 22.5 Å². The molecule has 0 aliphatic heterocycles. The van der Waals surface area contributed by atoms with Crippen LogP contribution in [0.4, 0.5) is 0 Å². The summed E-state index contributed by atoms with van der Waals surface area (Å²) in [6, 6.07) is 12.3. The van der Waals surface area contributed by atoms with Crippen LogP contribution in [-0.4, -0.2) is 34.9 Å². The van der Waals surface area contributed by atoms with E-state index in [0.29, 0.717) is 16.9 Å². The van der Waals surface area contributed by atoms with Crippen molar-refractivity contribution in [3.63, 3.8) is 0 Å². The van der Waals surface area contributed by atoms with Gasteiger partial charge in [0.1, 0.15) is 5.75 Å². The number of carboxylic acids is 1. The van der Waals surface area contributed by atoms with Gasteiger partial charge in [-0.25, -0.2) is 10.2 Å². The number of carbonyl (C=O) groups excluding carboxylic acids is 1. The van der Waals surface area contributed by atoms with Crippen LogP contribution in [0.5, 0.6) is 5.75 Å². The van der Waals surface area contributed by atoms with Gasteiger partial charge in [0.25, 0.3) is 5.91 Å². The molecule has 3 aromatic rings. The number of hydrogen-bond acceptors (Lipinski definition) is 4. The van der Waals surface area contributed by atoms with Gasteiger partial charge in [0, 0.05) is 28.2 Å². The number of carboxylic acid groups (broad SMARTS) is 1. The molecule has 0 unspecified atom stereocenters. The normalized spacial score (nSPS) is 11.0. The third-order valence-corrected chi connectivity index (χ3v) is 5.92. The molecule has 7 nitrogen and oxygen atoms in total. The number of nitrogens with zero attached hydrogens (tertiary/aromatic N) is 2. The Morgan fingerprint density at radius 2 is 1.90 bits per heavy atom. The highest BCUT2D eigenvalue weighted by Gasteiger charge is 2.16. The predicted molar refractivity (Wildman–Crippen MR) is 128 cm³/mol. The third kappa shape index (κ3) is 4.63. The number of ether oxygens (including phenoxy) is 1. The van der Waals surface area contributed by atoms with Crippen LogP contribution in [-0.2, 0) is 0 Å². The SMILES string of the molecule is COc1cc(C(=O)N/N=C/c2cc(C)n(-c3cccc(C(=O)O)c3C)c2C)ccc1I. The van der Waals surface area contributed by atoms with Crippen molar-refractivity contribution in [2.75, 3.05) is 7.11 Å². The van der Waals surface area contributed by atoms with Crippen molar-refractivity contribution in [3.05, 3.63) is 79.7 Å². The molecule has 0 atom stereocenters. The number of aromatic nitrogens is 1. The summed E-state index contributed by atoms with van der Waals surface area (Å²) >= 11 is 2.14.